The fourth-order valence-electron chi connectivity index (χ4n) is 2.19. The summed E-state index contributed by atoms with van der Waals surface area (Å²) in [5.74, 6) is -0.0223. The van der Waals surface area contributed by atoms with Gasteiger partial charge in [-0.3, -0.25) is 4.79 Å². The summed E-state index contributed by atoms with van der Waals surface area (Å²) in [6.45, 7) is 2.87. The largest absolute Gasteiger partial charge is 0.324 e. The van der Waals surface area contributed by atoms with Gasteiger partial charge in [-0.15, -0.1) is 11.3 Å². The minimum absolute atomic E-state index is 0.0223. The number of nitrogens with zero attached hydrogens (tertiary/aromatic N) is 1. The van der Waals surface area contributed by atoms with Crippen LogP contribution in [0.3, 0.4) is 0 Å². The van der Waals surface area contributed by atoms with Gasteiger partial charge >= 0.3 is 0 Å². The predicted octanol–water partition coefficient (Wildman–Crippen LogP) is 3.94. The van der Waals surface area contributed by atoms with Crippen molar-refractivity contribution in [1.29, 1.82) is 0 Å². The highest BCUT2D eigenvalue weighted by atomic mass is 35.5. The van der Waals surface area contributed by atoms with Gasteiger partial charge in [-0.1, -0.05) is 30.3 Å². The van der Waals surface area contributed by atoms with Crippen LogP contribution in [0.5, 0.6) is 0 Å². The van der Waals surface area contributed by atoms with E-state index in [2.05, 4.69) is 22.5 Å². The highest BCUT2D eigenvalue weighted by molar-refractivity contribution is 8.01. The van der Waals surface area contributed by atoms with Gasteiger partial charge in [0, 0.05) is 27.7 Å². The Morgan fingerprint density at radius 1 is 1.52 bits per heavy atom. The van der Waals surface area contributed by atoms with E-state index in [1.54, 1.807) is 17.5 Å². The van der Waals surface area contributed by atoms with Gasteiger partial charge in [-0.05, 0) is 25.1 Å². The summed E-state index contributed by atoms with van der Waals surface area (Å²) in [6, 6.07) is 3.49. The van der Waals surface area contributed by atoms with E-state index >= 15 is 0 Å². The molecule has 1 aromatic heterocycles. The zero-order valence-electron chi connectivity index (χ0n) is 11.4. The summed E-state index contributed by atoms with van der Waals surface area (Å²) in [4.78, 5) is 17.2. The molecule has 0 fully saturated rings. The van der Waals surface area contributed by atoms with Crippen LogP contribution in [0.4, 0.5) is 5.69 Å². The molecule has 4 nitrogen and oxygen atoms in total. The Hall–Kier alpha value is -1.08. The van der Waals surface area contributed by atoms with Crippen LogP contribution < -0.4 is 10.6 Å². The van der Waals surface area contributed by atoms with Crippen LogP contribution in [-0.4, -0.2) is 17.4 Å². The lowest BCUT2D eigenvalue weighted by atomic mass is 10.1. The highest BCUT2D eigenvalue weighted by Gasteiger charge is 2.31. The number of nitrogens with one attached hydrogen (secondary N) is 2. The molecule has 7 heteroatoms. The molecule has 0 aliphatic carbocycles. The number of carbonyl (C=O) groups is 1. The molecule has 3 rings (SSSR count). The summed E-state index contributed by atoms with van der Waals surface area (Å²) in [7, 11) is 0. The molecule has 0 radical (unpaired) electrons. The first kappa shape index (κ1) is 14.8. The summed E-state index contributed by atoms with van der Waals surface area (Å²) in [6.07, 6.45) is 2.74. The van der Waals surface area contributed by atoms with Gasteiger partial charge in [0.05, 0.1) is 5.02 Å². The molecule has 2 heterocycles. The zero-order valence-corrected chi connectivity index (χ0v) is 13.7. The van der Waals surface area contributed by atoms with E-state index in [0.29, 0.717) is 5.02 Å². The molecule has 1 atom stereocenters. The van der Waals surface area contributed by atoms with Crippen LogP contribution in [0.25, 0.3) is 0 Å². The van der Waals surface area contributed by atoms with Crippen molar-refractivity contribution in [2.75, 3.05) is 11.9 Å². The van der Waals surface area contributed by atoms with Gasteiger partial charge < -0.3 is 10.6 Å². The quantitative estimate of drug-likeness (QED) is 0.866. The Morgan fingerprint density at radius 3 is 3.10 bits per heavy atom. The second-order valence-electron chi connectivity index (χ2n) is 4.65. The molecule has 1 unspecified atom stereocenters. The van der Waals surface area contributed by atoms with Crippen molar-refractivity contribution in [1.82, 2.24) is 10.3 Å². The lowest BCUT2D eigenvalue weighted by molar-refractivity contribution is -0.117. The maximum absolute atomic E-state index is 12.0. The maximum atomic E-state index is 12.0. The number of thiazole rings is 1. The molecule has 1 aliphatic rings. The van der Waals surface area contributed by atoms with Crippen molar-refractivity contribution in [3.8, 4) is 0 Å². The van der Waals surface area contributed by atoms with E-state index < -0.39 is 0 Å². The Labute approximate surface area is 136 Å². The molecule has 1 aromatic carbocycles. The zero-order chi connectivity index (χ0) is 14.8. The number of rotatable bonds is 5. The number of halogens is 1. The van der Waals surface area contributed by atoms with E-state index in [9.17, 15) is 4.79 Å². The van der Waals surface area contributed by atoms with E-state index in [-0.39, 0.29) is 11.9 Å². The minimum atomic E-state index is -0.309. The molecule has 0 spiro atoms. The smallest absolute Gasteiger partial charge is 0.246 e. The topological polar surface area (TPSA) is 54.0 Å². The highest BCUT2D eigenvalue weighted by Crippen LogP contribution is 2.41. The van der Waals surface area contributed by atoms with E-state index in [1.165, 1.54) is 11.8 Å². The normalized spacial score (nSPS) is 16.9. The number of amides is 1. The molecular weight excluding hydrogens is 326 g/mol. The first-order valence-corrected chi connectivity index (χ1v) is 8.71. The standard InChI is InChI=1S/C14H14ClN3OS2/c1-2-3-16-12-8-6-9(15)11(7-10(8)18-13(12)19)21-14-17-4-5-20-14/h4-7,12,16H,2-3H2,1H3,(H,18,19). The average Bonchev–Trinajstić information content (AvgIpc) is 3.05. The molecule has 1 amide bonds. The van der Waals surface area contributed by atoms with Crippen LogP contribution in [0, 0.1) is 0 Å². The lowest BCUT2D eigenvalue weighted by Crippen LogP contribution is -2.27. The maximum Gasteiger partial charge on any atom is 0.246 e. The van der Waals surface area contributed by atoms with Gasteiger partial charge in [-0.2, -0.15) is 0 Å². The van der Waals surface area contributed by atoms with Crippen molar-refractivity contribution in [2.45, 2.75) is 28.6 Å². The number of carbonyl (C=O) groups excluding carboxylic acids is 1. The SMILES string of the molecule is CCCNC1C(=O)Nc2cc(Sc3nccs3)c(Cl)cc21. The monoisotopic (exact) mass is 339 g/mol. The molecule has 0 saturated heterocycles. The summed E-state index contributed by atoms with van der Waals surface area (Å²) in [5, 5.41) is 8.73. The van der Waals surface area contributed by atoms with Crippen molar-refractivity contribution >= 4 is 46.3 Å². The van der Waals surface area contributed by atoms with Gasteiger partial charge in [-0.25, -0.2) is 4.98 Å². The molecule has 0 bridgehead atoms. The van der Waals surface area contributed by atoms with Gasteiger partial charge in [0.2, 0.25) is 5.91 Å². The van der Waals surface area contributed by atoms with Gasteiger partial charge in [0.15, 0.2) is 4.34 Å². The Bertz CT molecular complexity index is 660. The first-order valence-electron chi connectivity index (χ1n) is 6.64. The number of hydrogen-bond donors (Lipinski definition) is 2. The fourth-order valence-corrected chi connectivity index (χ4v) is 4.10. The van der Waals surface area contributed by atoms with Crippen LogP contribution in [0.15, 0.2) is 32.9 Å². The van der Waals surface area contributed by atoms with E-state index in [0.717, 1.165) is 33.5 Å². The fraction of sp³-hybridized carbons (Fsp3) is 0.286. The second kappa shape index (κ2) is 6.36. The van der Waals surface area contributed by atoms with Crippen LogP contribution >= 0.6 is 34.7 Å². The third kappa shape index (κ3) is 3.08. The predicted molar refractivity (Wildman–Crippen MR) is 87.4 cm³/mol. The van der Waals surface area contributed by atoms with Gasteiger partial charge in [0.25, 0.3) is 0 Å². The number of aromatic nitrogens is 1. The molecule has 1 aliphatic heterocycles. The molecule has 21 heavy (non-hydrogen) atoms. The minimum Gasteiger partial charge on any atom is -0.324 e. The number of fused-ring (bicyclic) bond motifs is 1. The Kier molecular flexibility index (Phi) is 4.49. The number of hydrogen-bond acceptors (Lipinski definition) is 5. The van der Waals surface area contributed by atoms with Crippen molar-refractivity contribution in [3.05, 3.63) is 34.3 Å². The first-order chi connectivity index (χ1) is 10.2. The summed E-state index contributed by atoms with van der Waals surface area (Å²) in [5.41, 5.74) is 1.75. The third-order valence-corrected chi connectivity index (χ3v) is 5.51. The third-order valence-electron chi connectivity index (χ3n) is 3.14. The average molecular weight is 340 g/mol. The number of benzene rings is 1. The molecule has 2 aromatic rings. The Balaban J connectivity index is 1.88. The summed E-state index contributed by atoms with van der Waals surface area (Å²) < 4.78 is 0.932. The van der Waals surface area contributed by atoms with Crippen LogP contribution in [0.1, 0.15) is 24.9 Å². The second-order valence-corrected chi connectivity index (χ2v) is 7.24. The lowest BCUT2D eigenvalue weighted by Gasteiger charge is -2.11. The molecule has 110 valence electrons. The van der Waals surface area contributed by atoms with E-state index in [4.69, 9.17) is 11.6 Å². The molecule has 0 saturated carbocycles. The van der Waals surface area contributed by atoms with Gasteiger partial charge in [0.1, 0.15) is 6.04 Å². The van der Waals surface area contributed by atoms with E-state index in [1.807, 2.05) is 17.5 Å². The van der Waals surface area contributed by atoms with Crippen LogP contribution in [-0.2, 0) is 4.79 Å². The molecular formula is C14H14ClN3OS2. The summed E-state index contributed by atoms with van der Waals surface area (Å²) >= 11 is 9.44. The number of anilines is 1. The van der Waals surface area contributed by atoms with Crippen LogP contribution in [0.2, 0.25) is 5.02 Å². The van der Waals surface area contributed by atoms with Crippen molar-refractivity contribution in [3.63, 3.8) is 0 Å². The van der Waals surface area contributed by atoms with Crippen molar-refractivity contribution < 1.29 is 4.79 Å². The molecule has 2 N–H and O–H groups in total. The Morgan fingerprint density at radius 2 is 2.38 bits per heavy atom. The van der Waals surface area contributed by atoms with Crippen molar-refractivity contribution in [2.24, 2.45) is 0 Å².